The van der Waals surface area contributed by atoms with Crippen molar-refractivity contribution < 1.29 is 4.79 Å². The molecule has 0 saturated carbocycles. The zero-order chi connectivity index (χ0) is 15.0. The van der Waals surface area contributed by atoms with E-state index in [1.54, 1.807) is 29.1 Å². The molecule has 0 saturated heterocycles. The number of carbonyl (C=O) groups is 1. The molecule has 1 aromatic carbocycles. The predicted octanol–water partition coefficient (Wildman–Crippen LogP) is 4.07. The van der Waals surface area contributed by atoms with E-state index in [-0.39, 0.29) is 5.91 Å². The van der Waals surface area contributed by atoms with Crippen LogP contribution in [0.25, 0.3) is 10.2 Å². The first kappa shape index (κ1) is 14.3. The Bertz CT molecular complexity index is 788. The average molecular weight is 341 g/mol. The Morgan fingerprint density at radius 1 is 1.33 bits per heavy atom. The number of hydrogen-bond donors (Lipinski definition) is 1. The Morgan fingerprint density at radius 2 is 2.10 bits per heavy atom. The fraction of sp³-hybridized carbons (Fsp3) is 0.154. The lowest BCUT2D eigenvalue weighted by Gasteiger charge is -1.97. The first-order valence-corrected chi connectivity index (χ1v) is 7.75. The summed E-state index contributed by atoms with van der Waals surface area (Å²) in [6.45, 7) is 2.66. The predicted molar refractivity (Wildman–Crippen MR) is 85.5 cm³/mol. The van der Waals surface area contributed by atoms with E-state index in [0.717, 1.165) is 4.70 Å². The molecule has 0 radical (unpaired) electrons. The van der Waals surface area contributed by atoms with Gasteiger partial charge >= 0.3 is 0 Å². The van der Waals surface area contributed by atoms with Gasteiger partial charge < -0.3 is 0 Å². The number of halogens is 2. The Morgan fingerprint density at radius 3 is 2.76 bits per heavy atom. The summed E-state index contributed by atoms with van der Waals surface area (Å²) >= 11 is 13.5. The van der Waals surface area contributed by atoms with Crippen molar-refractivity contribution in [2.45, 2.75) is 13.5 Å². The van der Waals surface area contributed by atoms with E-state index < -0.39 is 0 Å². The third-order valence-electron chi connectivity index (χ3n) is 2.86. The summed E-state index contributed by atoms with van der Waals surface area (Å²) in [6, 6.07) is 5.05. The number of thiazole rings is 1. The fourth-order valence-corrected chi connectivity index (χ4v) is 3.23. The minimum Gasteiger partial charge on any atom is -0.296 e. The summed E-state index contributed by atoms with van der Waals surface area (Å²) in [5.41, 5.74) is 0.928. The summed E-state index contributed by atoms with van der Waals surface area (Å²) in [4.78, 5) is 16.4. The quantitative estimate of drug-likeness (QED) is 0.781. The zero-order valence-corrected chi connectivity index (χ0v) is 13.3. The van der Waals surface area contributed by atoms with E-state index >= 15 is 0 Å². The van der Waals surface area contributed by atoms with Crippen molar-refractivity contribution in [3.63, 3.8) is 0 Å². The first-order valence-electron chi connectivity index (χ1n) is 6.18. The number of aryl methyl sites for hydroxylation is 1. The molecule has 3 aromatic rings. The van der Waals surface area contributed by atoms with Crippen LogP contribution in [0.15, 0.2) is 24.4 Å². The lowest BCUT2D eigenvalue weighted by Crippen LogP contribution is -2.13. The van der Waals surface area contributed by atoms with Crippen molar-refractivity contribution in [2.24, 2.45) is 0 Å². The largest absolute Gasteiger partial charge is 0.296 e. The SMILES string of the molecule is CCn1ccc(C(=O)Nc2nc3c(Cl)ccc(Cl)c3s2)n1. The molecule has 1 amide bonds. The van der Waals surface area contributed by atoms with E-state index in [9.17, 15) is 4.79 Å². The van der Waals surface area contributed by atoms with Crippen LogP contribution in [0.1, 0.15) is 17.4 Å². The molecule has 5 nitrogen and oxygen atoms in total. The maximum atomic E-state index is 12.1. The van der Waals surface area contributed by atoms with Gasteiger partial charge in [0.2, 0.25) is 0 Å². The van der Waals surface area contributed by atoms with E-state index in [4.69, 9.17) is 23.2 Å². The van der Waals surface area contributed by atoms with Gasteiger partial charge in [-0.05, 0) is 25.1 Å². The van der Waals surface area contributed by atoms with Crippen LogP contribution in [0.5, 0.6) is 0 Å². The highest BCUT2D eigenvalue weighted by Gasteiger charge is 2.15. The number of nitrogens with zero attached hydrogens (tertiary/aromatic N) is 3. The lowest BCUT2D eigenvalue weighted by molar-refractivity contribution is 0.102. The number of nitrogens with one attached hydrogen (secondary N) is 1. The summed E-state index contributed by atoms with van der Waals surface area (Å²) in [7, 11) is 0. The summed E-state index contributed by atoms with van der Waals surface area (Å²) in [5, 5.41) is 8.36. The minimum absolute atomic E-state index is 0.312. The van der Waals surface area contributed by atoms with Crippen LogP contribution in [-0.2, 0) is 6.54 Å². The van der Waals surface area contributed by atoms with Gasteiger partial charge in [0.05, 0.1) is 14.7 Å². The highest BCUT2D eigenvalue weighted by molar-refractivity contribution is 7.23. The van der Waals surface area contributed by atoms with Crippen LogP contribution in [0.3, 0.4) is 0 Å². The van der Waals surface area contributed by atoms with Gasteiger partial charge in [0, 0.05) is 12.7 Å². The molecule has 0 atom stereocenters. The Labute approximate surface area is 134 Å². The smallest absolute Gasteiger partial charge is 0.277 e. The summed E-state index contributed by atoms with van der Waals surface area (Å²) in [6.07, 6.45) is 1.75. The third kappa shape index (κ3) is 2.74. The fourth-order valence-electron chi connectivity index (χ4n) is 1.82. The molecule has 3 rings (SSSR count). The van der Waals surface area contributed by atoms with Crippen LogP contribution in [0.2, 0.25) is 10.0 Å². The third-order valence-corrected chi connectivity index (χ3v) is 4.60. The average Bonchev–Trinajstić information content (AvgIpc) is 3.09. The number of benzene rings is 1. The van der Waals surface area contributed by atoms with Gasteiger partial charge in [-0.25, -0.2) is 4.98 Å². The summed E-state index contributed by atoms with van der Waals surface area (Å²) < 4.78 is 2.43. The molecule has 0 aliphatic heterocycles. The van der Waals surface area contributed by atoms with Gasteiger partial charge in [0.1, 0.15) is 5.52 Å². The molecule has 8 heteroatoms. The molecule has 21 heavy (non-hydrogen) atoms. The maximum Gasteiger partial charge on any atom is 0.277 e. The second-order valence-electron chi connectivity index (χ2n) is 4.24. The maximum absolute atomic E-state index is 12.1. The first-order chi connectivity index (χ1) is 10.1. The molecule has 2 aromatic heterocycles. The molecule has 0 aliphatic carbocycles. The number of anilines is 1. The lowest BCUT2D eigenvalue weighted by atomic mass is 10.3. The van der Waals surface area contributed by atoms with E-state index in [2.05, 4.69) is 15.4 Å². The molecule has 0 fully saturated rings. The zero-order valence-electron chi connectivity index (χ0n) is 10.9. The van der Waals surface area contributed by atoms with Crippen LogP contribution in [0.4, 0.5) is 5.13 Å². The second kappa shape index (κ2) is 5.63. The molecule has 0 spiro atoms. The van der Waals surface area contributed by atoms with E-state index in [0.29, 0.717) is 32.9 Å². The number of carbonyl (C=O) groups excluding carboxylic acids is 1. The van der Waals surface area contributed by atoms with Gasteiger partial charge in [-0.1, -0.05) is 34.5 Å². The van der Waals surface area contributed by atoms with E-state index in [1.807, 2.05) is 6.92 Å². The van der Waals surface area contributed by atoms with E-state index in [1.165, 1.54) is 11.3 Å². The van der Waals surface area contributed by atoms with Crippen LogP contribution >= 0.6 is 34.5 Å². The van der Waals surface area contributed by atoms with Crippen molar-refractivity contribution in [2.75, 3.05) is 5.32 Å². The normalized spacial score (nSPS) is 11.0. The molecular formula is C13H10Cl2N4OS. The molecule has 0 unspecified atom stereocenters. The van der Waals surface area contributed by atoms with Crippen molar-refractivity contribution in [3.05, 3.63) is 40.1 Å². The number of hydrogen-bond acceptors (Lipinski definition) is 4. The molecular weight excluding hydrogens is 331 g/mol. The highest BCUT2D eigenvalue weighted by atomic mass is 35.5. The Balaban J connectivity index is 1.89. The molecule has 2 heterocycles. The van der Waals surface area contributed by atoms with Gasteiger partial charge in [0.25, 0.3) is 5.91 Å². The number of rotatable bonds is 3. The van der Waals surface area contributed by atoms with Crippen LogP contribution in [-0.4, -0.2) is 20.7 Å². The Kier molecular flexibility index (Phi) is 3.84. The highest BCUT2D eigenvalue weighted by Crippen LogP contribution is 2.36. The number of fused-ring (bicyclic) bond motifs is 1. The van der Waals surface area contributed by atoms with Crippen LogP contribution < -0.4 is 5.32 Å². The van der Waals surface area contributed by atoms with Crippen molar-refractivity contribution >= 4 is 55.8 Å². The van der Waals surface area contributed by atoms with Gasteiger partial charge in [-0.15, -0.1) is 0 Å². The summed E-state index contributed by atoms with van der Waals surface area (Å²) in [5.74, 6) is -0.312. The van der Waals surface area contributed by atoms with Gasteiger partial charge in [-0.3, -0.25) is 14.8 Å². The molecule has 108 valence electrons. The molecule has 0 aliphatic rings. The number of aromatic nitrogens is 3. The van der Waals surface area contributed by atoms with Gasteiger partial charge in [-0.2, -0.15) is 5.10 Å². The topological polar surface area (TPSA) is 59.8 Å². The van der Waals surface area contributed by atoms with Crippen molar-refractivity contribution in [1.29, 1.82) is 0 Å². The van der Waals surface area contributed by atoms with Crippen molar-refractivity contribution in [3.8, 4) is 0 Å². The second-order valence-corrected chi connectivity index (χ2v) is 6.05. The minimum atomic E-state index is -0.312. The molecule has 0 bridgehead atoms. The molecule has 1 N–H and O–H groups in total. The number of amides is 1. The Hall–Kier alpha value is -1.63. The van der Waals surface area contributed by atoms with Crippen molar-refractivity contribution in [1.82, 2.24) is 14.8 Å². The monoisotopic (exact) mass is 340 g/mol. The standard InChI is InChI=1S/C13H10Cl2N4OS/c1-2-19-6-5-9(18-19)12(20)17-13-16-10-7(14)3-4-8(15)11(10)21-13/h3-6H,2H2,1H3,(H,16,17,20). The van der Waals surface area contributed by atoms with Gasteiger partial charge in [0.15, 0.2) is 10.8 Å². The van der Waals surface area contributed by atoms with Crippen LogP contribution in [0, 0.1) is 0 Å².